The molecule has 0 aromatic carbocycles. The standard InChI is InChI=1S/C75H146O17P2/c1-6-9-12-15-18-21-23-25-26-27-28-29-31-37-41-46-51-56-61-75(80)92-71(65-86-73(78)59-54-49-44-39-35-33-32-34-38-42-47-52-57-68(4)5)67-90-94(83,84)88-63-69(76)62-87-93(81,82)89-66-70(64-85-72(77)58-53-48-43-20-17-14-11-8-3)91-74(79)60-55-50-45-40-36-30-24-22-19-16-13-10-7-2/h68-71,76H,6-67H2,1-5H3,(H,81,82)(H,83,84)/t69-,70+,71+/m0/s1. The van der Waals surface area contributed by atoms with Gasteiger partial charge in [0.1, 0.15) is 19.3 Å². The zero-order valence-electron chi connectivity index (χ0n) is 61.1. The number of ether oxygens (including phenoxy) is 4. The highest BCUT2D eigenvalue weighted by atomic mass is 31.2. The molecule has 0 saturated heterocycles. The van der Waals surface area contributed by atoms with Crippen molar-refractivity contribution in [3.63, 3.8) is 0 Å². The summed E-state index contributed by atoms with van der Waals surface area (Å²) >= 11 is 0. The summed E-state index contributed by atoms with van der Waals surface area (Å²) in [6.07, 6.45) is 56.8. The van der Waals surface area contributed by atoms with Gasteiger partial charge in [-0.25, -0.2) is 9.13 Å². The molecule has 2 unspecified atom stereocenters. The number of aliphatic hydroxyl groups is 1. The van der Waals surface area contributed by atoms with Gasteiger partial charge in [0.05, 0.1) is 26.4 Å². The molecule has 0 heterocycles. The van der Waals surface area contributed by atoms with E-state index in [0.29, 0.717) is 25.7 Å². The molecule has 558 valence electrons. The Morgan fingerprint density at radius 2 is 0.489 bits per heavy atom. The second-order valence-corrected chi connectivity index (χ2v) is 30.4. The van der Waals surface area contributed by atoms with Crippen molar-refractivity contribution in [3.8, 4) is 0 Å². The van der Waals surface area contributed by atoms with Crippen LogP contribution in [0.15, 0.2) is 0 Å². The fraction of sp³-hybridized carbons (Fsp3) is 0.947. The first-order valence-corrected chi connectivity index (χ1v) is 42.1. The SMILES string of the molecule is CCCCCCCCCCCCCCCCCCCCC(=O)O[C@H](COC(=O)CCCCCCCCCCCCCCC(C)C)COP(=O)(O)OC[C@@H](O)COP(=O)(O)OC[C@@H](COC(=O)CCCCCCCCCC)OC(=O)CCCCCCCCCCCCCCC. The minimum atomic E-state index is -4.96. The Bertz CT molecular complexity index is 1810. The number of unbranched alkanes of at least 4 members (excludes halogenated alkanes) is 47. The molecule has 0 aliphatic carbocycles. The van der Waals surface area contributed by atoms with E-state index < -0.39 is 97.5 Å². The number of phosphoric ester groups is 2. The molecule has 0 amide bonds. The van der Waals surface area contributed by atoms with E-state index in [4.69, 9.17) is 37.0 Å². The Balaban J connectivity index is 5.21. The summed E-state index contributed by atoms with van der Waals surface area (Å²) in [5.41, 5.74) is 0. The summed E-state index contributed by atoms with van der Waals surface area (Å²) in [6, 6.07) is 0. The first-order valence-electron chi connectivity index (χ1n) is 39.1. The molecule has 0 aromatic rings. The fourth-order valence-corrected chi connectivity index (χ4v) is 13.1. The van der Waals surface area contributed by atoms with Crippen molar-refractivity contribution in [3.05, 3.63) is 0 Å². The van der Waals surface area contributed by atoms with Crippen LogP contribution in [0.2, 0.25) is 0 Å². The van der Waals surface area contributed by atoms with Crippen LogP contribution >= 0.6 is 15.6 Å². The van der Waals surface area contributed by atoms with E-state index in [1.807, 2.05) is 0 Å². The number of phosphoric acid groups is 2. The van der Waals surface area contributed by atoms with Crippen molar-refractivity contribution >= 4 is 39.5 Å². The van der Waals surface area contributed by atoms with Gasteiger partial charge in [0.2, 0.25) is 0 Å². The molecular weight excluding hydrogens is 1230 g/mol. The van der Waals surface area contributed by atoms with Gasteiger partial charge in [-0.3, -0.25) is 37.3 Å². The predicted molar refractivity (Wildman–Crippen MR) is 382 cm³/mol. The summed E-state index contributed by atoms with van der Waals surface area (Å²) in [7, 11) is -9.90. The average Bonchev–Trinajstić information content (AvgIpc) is 2.02. The lowest BCUT2D eigenvalue weighted by Gasteiger charge is -2.21. The summed E-state index contributed by atoms with van der Waals surface area (Å²) in [6.45, 7) is 7.28. The highest BCUT2D eigenvalue weighted by molar-refractivity contribution is 7.47. The maximum Gasteiger partial charge on any atom is 0.472 e. The topological polar surface area (TPSA) is 237 Å². The van der Waals surface area contributed by atoms with Crippen LogP contribution < -0.4 is 0 Å². The number of rotatable bonds is 75. The normalized spacial score (nSPS) is 14.0. The fourth-order valence-electron chi connectivity index (χ4n) is 11.5. The maximum absolute atomic E-state index is 13.1. The number of hydrogen-bond acceptors (Lipinski definition) is 15. The third kappa shape index (κ3) is 68.6. The molecule has 94 heavy (non-hydrogen) atoms. The number of esters is 4. The van der Waals surface area contributed by atoms with Gasteiger partial charge >= 0.3 is 39.5 Å². The van der Waals surface area contributed by atoms with E-state index in [-0.39, 0.29) is 25.7 Å². The zero-order valence-corrected chi connectivity index (χ0v) is 62.9. The Morgan fingerprint density at radius 1 is 0.287 bits per heavy atom. The maximum atomic E-state index is 13.1. The van der Waals surface area contributed by atoms with Crippen molar-refractivity contribution in [1.82, 2.24) is 0 Å². The summed E-state index contributed by atoms with van der Waals surface area (Å²) in [5, 5.41) is 10.6. The van der Waals surface area contributed by atoms with Gasteiger partial charge < -0.3 is 33.8 Å². The van der Waals surface area contributed by atoms with Gasteiger partial charge in [0.15, 0.2) is 12.2 Å². The average molecular weight is 1380 g/mol. The zero-order chi connectivity index (χ0) is 69.1. The summed E-state index contributed by atoms with van der Waals surface area (Å²) in [5.74, 6) is -1.33. The molecule has 0 aliphatic heterocycles. The summed E-state index contributed by atoms with van der Waals surface area (Å²) < 4.78 is 68.4. The molecule has 0 aliphatic rings. The van der Waals surface area contributed by atoms with Crippen LogP contribution in [0, 0.1) is 5.92 Å². The van der Waals surface area contributed by atoms with Gasteiger partial charge in [0, 0.05) is 25.7 Å². The van der Waals surface area contributed by atoms with Crippen LogP contribution in [0.3, 0.4) is 0 Å². The van der Waals surface area contributed by atoms with Gasteiger partial charge in [-0.05, 0) is 31.6 Å². The third-order valence-corrected chi connectivity index (χ3v) is 19.4. The molecule has 5 atom stereocenters. The highest BCUT2D eigenvalue weighted by Crippen LogP contribution is 2.45. The van der Waals surface area contributed by atoms with Crippen molar-refractivity contribution in [2.75, 3.05) is 39.6 Å². The third-order valence-electron chi connectivity index (χ3n) is 17.5. The Morgan fingerprint density at radius 3 is 0.723 bits per heavy atom. The Hall–Kier alpha value is -1.94. The second kappa shape index (κ2) is 68.2. The van der Waals surface area contributed by atoms with E-state index in [1.54, 1.807) is 0 Å². The molecule has 0 saturated carbocycles. The number of carbonyl (C=O) groups excluding carboxylic acids is 4. The number of carbonyl (C=O) groups is 4. The van der Waals surface area contributed by atoms with Crippen LogP contribution in [-0.2, 0) is 65.4 Å². The quantitative estimate of drug-likeness (QED) is 0.0222. The van der Waals surface area contributed by atoms with Crippen LogP contribution in [0.25, 0.3) is 0 Å². The first kappa shape index (κ1) is 92.1. The van der Waals surface area contributed by atoms with Crippen molar-refractivity contribution in [2.24, 2.45) is 5.92 Å². The van der Waals surface area contributed by atoms with Gasteiger partial charge in [-0.1, -0.05) is 343 Å². The van der Waals surface area contributed by atoms with E-state index in [2.05, 4.69) is 34.6 Å². The monoisotopic (exact) mass is 1380 g/mol. The van der Waals surface area contributed by atoms with Crippen LogP contribution in [0.5, 0.6) is 0 Å². The number of aliphatic hydroxyl groups excluding tert-OH is 1. The van der Waals surface area contributed by atoms with Crippen molar-refractivity contribution in [2.45, 2.75) is 412 Å². The molecule has 3 N–H and O–H groups in total. The number of hydrogen-bond donors (Lipinski definition) is 3. The smallest absolute Gasteiger partial charge is 0.462 e. The van der Waals surface area contributed by atoms with Crippen molar-refractivity contribution < 1.29 is 80.2 Å². The minimum Gasteiger partial charge on any atom is -0.462 e. The Kier molecular flexibility index (Phi) is 66.8. The molecule has 0 aromatic heterocycles. The lowest BCUT2D eigenvalue weighted by atomic mass is 10.0. The minimum absolute atomic E-state index is 0.108. The van der Waals surface area contributed by atoms with Crippen LogP contribution in [0.4, 0.5) is 0 Å². The molecule has 19 heteroatoms. The largest absolute Gasteiger partial charge is 0.472 e. The highest BCUT2D eigenvalue weighted by Gasteiger charge is 2.30. The van der Waals surface area contributed by atoms with E-state index >= 15 is 0 Å². The molecule has 17 nitrogen and oxygen atoms in total. The van der Waals surface area contributed by atoms with Gasteiger partial charge in [0.25, 0.3) is 0 Å². The molecule has 0 radical (unpaired) electrons. The second-order valence-electron chi connectivity index (χ2n) is 27.5. The summed E-state index contributed by atoms with van der Waals surface area (Å²) in [4.78, 5) is 72.7. The lowest BCUT2D eigenvalue weighted by molar-refractivity contribution is -0.161. The van der Waals surface area contributed by atoms with E-state index in [1.165, 1.54) is 212 Å². The van der Waals surface area contributed by atoms with Crippen LogP contribution in [0.1, 0.15) is 394 Å². The van der Waals surface area contributed by atoms with Crippen molar-refractivity contribution in [1.29, 1.82) is 0 Å². The van der Waals surface area contributed by atoms with Gasteiger partial charge in [-0.15, -0.1) is 0 Å². The van der Waals surface area contributed by atoms with Crippen LogP contribution in [-0.4, -0.2) is 96.7 Å². The molecule has 0 spiro atoms. The van der Waals surface area contributed by atoms with E-state index in [0.717, 1.165) is 102 Å². The predicted octanol–water partition coefficient (Wildman–Crippen LogP) is 22.1. The van der Waals surface area contributed by atoms with Gasteiger partial charge in [-0.2, -0.15) is 0 Å². The molecule has 0 bridgehead atoms. The van der Waals surface area contributed by atoms with E-state index in [9.17, 15) is 43.2 Å². The molecule has 0 fully saturated rings. The first-order chi connectivity index (χ1) is 45.5. The lowest BCUT2D eigenvalue weighted by Crippen LogP contribution is -2.30. The Labute approximate surface area is 575 Å². The molecular formula is C75H146O17P2. The molecule has 0 rings (SSSR count).